The van der Waals surface area contributed by atoms with E-state index in [4.69, 9.17) is 16.7 Å². The molecule has 4 nitrogen and oxygen atoms in total. The van der Waals surface area contributed by atoms with Crippen LogP contribution in [0.3, 0.4) is 0 Å². The van der Waals surface area contributed by atoms with Crippen LogP contribution in [0.5, 0.6) is 0 Å². The molecule has 102 valence electrons. The summed E-state index contributed by atoms with van der Waals surface area (Å²) in [6.45, 7) is 0. The first-order valence-electron chi connectivity index (χ1n) is 5.92. The van der Waals surface area contributed by atoms with Gasteiger partial charge in [-0.15, -0.1) is 0 Å². The number of halogens is 1. The molecule has 1 N–H and O–H groups in total. The van der Waals surface area contributed by atoms with Gasteiger partial charge in [0.25, 0.3) is 0 Å². The van der Waals surface area contributed by atoms with Crippen LogP contribution in [0, 0.1) is 0 Å². The second-order valence-corrected chi connectivity index (χ2v) is 4.57. The van der Waals surface area contributed by atoms with Crippen LogP contribution < -0.4 is 4.90 Å². The largest absolute Gasteiger partial charge is 0.465 e. The normalized spacial score (nSPS) is 10.7. The van der Waals surface area contributed by atoms with Crippen molar-refractivity contribution >= 4 is 35.5 Å². The minimum Gasteiger partial charge on any atom is -0.465 e. The molecular weight excluding hydrogens is 276 g/mol. The summed E-state index contributed by atoms with van der Waals surface area (Å²) < 4.78 is 0. The van der Waals surface area contributed by atoms with Gasteiger partial charge < -0.3 is 5.11 Å². The van der Waals surface area contributed by atoms with E-state index in [1.54, 1.807) is 24.4 Å². The third kappa shape index (κ3) is 3.59. The molecule has 0 aliphatic carbocycles. The molecule has 2 aromatic rings. The van der Waals surface area contributed by atoms with E-state index in [-0.39, 0.29) is 0 Å². The standard InChI is InChI=1S/C15H13ClN2O2/c1-18(15(19)20)13-6-4-11(5-7-13)2-3-12-8-9-17-14(16)10-12/h2-10H,1H3,(H,19,20)/b3-2+. The maximum absolute atomic E-state index is 10.8. The van der Waals surface area contributed by atoms with Gasteiger partial charge in [-0.3, -0.25) is 4.90 Å². The Morgan fingerprint density at radius 2 is 1.85 bits per heavy atom. The molecule has 0 aliphatic heterocycles. The van der Waals surface area contributed by atoms with E-state index in [2.05, 4.69) is 4.98 Å². The molecule has 5 heteroatoms. The van der Waals surface area contributed by atoms with Gasteiger partial charge in [-0.2, -0.15) is 0 Å². The van der Waals surface area contributed by atoms with E-state index in [9.17, 15) is 4.79 Å². The van der Waals surface area contributed by atoms with Gasteiger partial charge in [0.05, 0.1) is 0 Å². The number of amides is 1. The molecule has 20 heavy (non-hydrogen) atoms. The van der Waals surface area contributed by atoms with Crippen LogP contribution in [-0.4, -0.2) is 23.2 Å². The third-order valence-corrected chi connectivity index (χ3v) is 2.99. The van der Waals surface area contributed by atoms with Crippen molar-refractivity contribution in [3.63, 3.8) is 0 Å². The van der Waals surface area contributed by atoms with Gasteiger partial charge in [-0.25, -0.2) is 9.78 Å². The SMILES string of the molecule is CN(C(=O)O)c1ccc(/C=C/c2ccnc(Cl)c2)cc1. The summed E-state index contributed by atoms with van der Waals surface area (Å²) in [6.07, 6.45) is 4.51. The quantitative estimate of drug-likeness (QED) is 0.868. The molecule has 1 heterocycles. The number of nitrogens with zero attached hydrogens (tertiary/aromatic N) is 2. The fraction of sp³-hybridized carbons (Fsp3) is 0.0667. The van der Waals surface area contributed by atoms with Crippen molar-refractivity contribution in [2.24, 2.45) is 0 Å². The highest BCUT2D eigenvalue weighted by atomic mass is 35.5. The molecular formula is C15H13ClN2O2. The highest BCUT2D eigenvalue weighted by molar-refractivity contribution is 6.29. The number of anilines is 1. The monoisotopic (exact) mass is 288 g/mol. The lowest BCUT2D eigenvalue weighted by atomic mass is 10.1. The van der Waals surface area contributed by atoms with Crippen LogP contribution in [-0.2, 0) is 0 Å². The van der Waals surface area contributed by atoms with Gasteiger partial charge in [-0.1, -0.05) is 35.9 Å². The summed E-state index contributed by atoms with van der Waals surface area (Å²) >= 11 is 5.81. The predicted molar refractivity (Wildman–Crippen MR) is 81.0 cm³/mol. The summed E-state index contributed by atoms with van der Waals surface area (Å²) in [5.74, 6) is 0. The minimum atomic E-state index is -0.986. The number of hydrogen-bond donors (Lipinski definition) is 1. The first kappa shape index (κ1) is 14.1. The first-order valence-corrected chi connectivity index (χ1v) is 6.30. The Bertz CT molecular complexity index is 639. The van der Waals surface area contributed by atoms with Gasteiger partial charge in [0, 0.05) is 18.9 Å². The molecule has 1 aromatic carbocycles. The molecule has 0 bridgehead atoms. The van der Waals surface area contributed by atoms with Crippen molar-refractivity contribution in [1.82, 2.24) is 4.98 Å². The predicted octanol–water partition coefficient (Wildman–Crippen LogP) is 4.02. The molecule has 0 fully saturated rings. The molecule has 0 spiro atoms. The van der Waals surface area contributed by atoms with Crippen molar-refractivity contribution in [3.8, 4) is 0 Å². The molecule has 2 rings (SSSR count). The van der Waals surface area contributed by atoms with Crippen molar-refractivity contribution in [2.45, 2.75) is 0 Å². The topological polar surface area (TPSA) is 53.4 Å². The summed E-state index contributed by atoms with van der Waals surface area (Å²) in [7, 11) is 1.51. The summed E-state index contributed by atoms with van der Waals surface area (Å²) in [4.78, 5) is 15.9. The second kappa shape index (κ2) is 6.21. The van der Waals surface area contributed by atoms with Crippen molar-refractivity contribution < 1.29 is 9.90 Å². The molecule has 0 saturated heterocycles. The van der Waals surface area contributed by atoms with Gasteiger partial charge >= 0.3 is 6.09 Å². The van der Waals surface area contributed by atoms with Crippen molar-refractivity contribution in [1.29, 1.82) is 0 Å². The highest BCUT2D eigenvalue weighted by Crippen LogP contribution is 2.16. The van der Waals surface area contributed by atoms with Gasteiger partial charge in [-0.05, 0) is 35.4 Å². The zero-order valence-electron chi connectivity index (χ0n) is 10.8. The molecule has 0 atom stereocenters. The molecule has 0 aliphatic rings. The zero-order valence-corrected chi connectivity index (χ0v) is 11.6. The van der Waals surface area contributed by atoms with Crippen LogP contribution in [0.2, 0.25) is 5.15 Å². The summed E-state index contributed by atoms with van der Waals surface area (Å²) in [5, 5.41) is 9.33. The number of carboxylic acid groups (broad SMARTS) is 1. The maximum atomic E-state index is 10.8. The number of benzene rings is 1. The van der Waals surface area contributed by atoms with E-state index in [1.165, 1.54) is 7.05 Å². The average molecular weight is 289 g/mol. The Morgan fingerprint density at radius 3 is 2.45 bits per heavy atom. The van der Waals surface area contributed by atoms with Gasteiger partial charge in [0.1, 0.15) is 5.15 Å². The lowest BCUT2D eigenvalue weighted by Crippen LogP contribution is -2.23. The van der Waals surface area contributed by atoms with Crippen LogP contribution in [0.1, 0.15) is 11.1 Å². The summed E-state index contributed by atoms with van der Waals surface area (Å²) in [5.41, 5.74) is 2.55. The molecule has 0 unspecified atom stereocenters. The third-order valence-electron chi connectivity index (χ3n) is 2.79. The van der Waals surface area contributed by atoms with Crippen LogP contribution in [0.15, 0.2) is 42.6 Å². The Labute approximate surface area is 121 Å². The first-order chi connectivity index (χ1) is 9.56. The number of hydrogen-bond acceptors (Lipinski definition) is 2. The zero-order chi connectivity index (χ0) is 14.5. The molecule has 1 aromatic heterocycles. The maximum Gasteiger partial charge on any atom is 0.411 e. The second-order valence-electron chi connectivity index (χ2n) is 4.18. The van der Waals surface area contributed by atoms with Crippen LogP contribution >= 0.6 is 11.6 Å². The highest BCUT2D eigenvalue weighted by Gasteiger charge is 2.06. The molecule has 0 radical (unpaired) electrons. The number of pyridine rings is 1. The van der Waals surface area contributed by atoms with E-state index < -0.39 is 6.09 Å². The van der Waals surface area contributed by atoms with E-state index in [0.29, 0.717) is 10.8 Å². The van der Waals surface area contributed by atoms with Crippen LogP contribution in [0.25, 0.3) is 12.2 Å². The van der Waals surface area contributed by atoms with E-state index >= 15 is 0 Å². The van der Waals surface area contributed by atoms with Gasteiger partial charge in [0.2, 0.25) is 0 Å². The molecule has 0 saturated carbocycles. The average Bonchev–Trinajstić information content (AvgIpc) is 2.45. The lowest BCUT2D eigenvalue weighted by molar-refractivity contribution is 0.203. The Kier molecular flexibility index (Phi) is 4.38. The van der Waals surface area contributed by atoms with E-state index in [1.807, 2.05) is 30.4 Å². The Morgan fingerprint density at radius 1 is 1.20 bits per heavy atom. The van der Waals surface area contributed by atoms with Crippen molar-refractivity contribution in [2.75, 3.05) is 11.9 Å². The number of carbonyl (C=O) groups is 1. The Hall–Kier alpha value is -2.33. The smallest absolute Gasteiger partial charge is 0.411 e. The summed E-state index contributed by atoms with van der Waals surface area (Å²) in [6, 6.07) is 10.8. The minimum absolute atomic E-state index is 0.450. The lowest BCUT2D eigenvalue weighted by Gasteiger charge is -2.12. The Balaban J connectivity index is 2.13. The fourth-order valence-electron chi connectivity index (χ4n) is 1.63. The number of rotatable bonds is 3. The van der Waals surface area contributed by atoms with Gasteiger partial charge in [0.15, 0.2) is 0 Å². The number of aromatic nitrogens is 1. The van der Waals surface area contributed by atoms with Crippen molar-refractivity contribution in [3.05, 3.63) is 58.9 Å². The van der Waals surface area contributed by atoms with Crippen LogP contribution in [0.4, 0.5) is 10.5 Å². The molecule has 1 amide bonds. The van der Waals surface area contributed by atoms with E-state index in [0.717, 1.165) is 16.0 Å². The fourth-order valence-corrected chi connectivity index (χ4v) is 1.82.